The van der Waals surface area contributed by atoms with Gasteiger partial charge in [0.1, 0.15) is 22.8 Å². The largest absolute Gasteiger partial charge is 0.510 e. The van der Waals surface area contributed by atoms with Gasteiger partial charge in [-0.1, -0.05) is 6.07 Å². The van der Waals surface area contributed by atoms with Crippen LogP contribution >= 0.6 is 22.6 Å². The first-order valence-corrected chi connectivity index (χ1v) is 15.1. The van der Waals surface area contributed by atoms with Crippen molar-refractivity contribution in [1.82, 2.24) is 4.90 Å². The van der Waals surface area contributed by atoms with Crippen molar-refractivity contribution in [2.75, 3.05) is 27.3 Å². The molecule has 45 heavy (non-hydrogen) atoms. The third kappa shape index (κ3) is 5.66. The molecule has 0 radical (unpaired) electrons. The number of ketones is 2. The Labute approximate surface area is 271 Å². The normalized spacial score (nSPS) is 25.1. The number of nitrogens with zero attached hydrogens (tertiary/aromatic N) is 1. The number of carbonyl (C=O) groups excluding carboxylic acids is 5. The highest BCUT2D eigenvalue weighted by atomic mass is 127. The number of halogens is 1. The molecule has 0 saturated carbocycles. The van der Waals surface area contributed by atoms with E-state index in [1.165, 1.54) is 43.3 Å². The van der Waals surface area contributed by atoms with Gasteiger partial charge in [0.25, 0.3) is 5.91 Å². The third-order valence-corrected chi connectivity index (χ3v) is 8.97. The second-order valence-electron chi connectivity index (χ2n) is 11.0. The minimum Gasteiger partial charge on any atom is -0.510 e. The molecule has 4 atom stereocenters. The number of esters is 2. The number of aromatic hydroxyl groups is 1. The highest BCUT2D eigenvalue weighted by Crippen LogP contribution is 2.52. The first-order chi connectivity index (χ1) is 21.1. The Morgan fingerprint density at radius 1 is 1.09 bits per heavy atom. The van der Waals surface area contributed by atoms with E-state index < -0.39 is 75.7 Å². The Morgan fingerprint density at radius 2 is 1.71 bits per heavy atom. The highest BCUT2D eigenvalue weighted by molar-refractivity contribution is 14.1. The number of hydrogen-bond acceptors (Lipinski definition) is 12. The minimum absolute atomic E-state index is 0.00353. The van der Waals surface area contributed by atoms with Crippen molar-refractivity contribution >= 4 is 58.1 Å². The summed E-state index contributed by atoms with van der Waals surface area (Å²) < 4.78 is 10.2. The van der Waals surface area contributed by atoms with E-state index in [0.717, 1.165) is 0 Å². The number of ether oxygens (including phenoxy) is 2. The molecule has 0 aliphatic heterocycles. The maximum Gasteiger partial charge on any atom is 0.344 e. The predicted octanol–water partition coefficient (Wildman–Crippen LogP) is 1.95. The fourth-order valence-electron chi connectivity index (χ4n) is 6.35. The SMILES string of the molecule is CCOC(=O)/C(I)=C/C(=C/c1ccc(O)c2c1C[C@@H]1C[C@H]3[C@@H](N(C)C)C(O)=C(C(N)=O)C(=O)[C@@]3(O)C(O)=C1C2=O)C(=O)OCC. The lowest BCUT2D eigenvalue weighted by Gasteiger charge is -2.50. The standard InChI is InChI=1S/C31H33IN2O11/c1-5-44-29(41)15(12-18(32)30(42)45-6-2)9-13-7-8-19(35)21-16(13)10-14-11-17-23(34(3)4)25(37)22(28(33)40)27(39)31(17,43)26(38)20(14)24(21)36/h7-9,12,14,17,23,35,37-38,43H,5-6,10-11H2,1-4H3,(H2,33,40)/b15-9-,18-12-/t14-,17+,23-,31+/m1/s1. The van der Waals surface area contributed by atoms with E-state index in [1.54, 1.807) is 36.4 Å². The fraction of sp³-hybridized carbons (Fsp3) is 0.387. The molecule has 0 bridgehead atoms. The summed E-state index contributed by atoms with van der Waals surface area (Å²) in [6.45, 7) is 3.39. The van der Waals surface area contributed by atoms with Crippen molar-refractivity contribution in [3.05, 3.63) is 66.7 Å². The summed E-state index contributed by atoms with van der Waals surface area (Å²) in [4.78, 5) is 66.2. The quantitative estimate of drug-likeness (QED) is 0.0852. The van der Waals surface area contributed by atoms with Crippen LogP contribution in [0.2, 0.25) is 0 Å². The first kappa shape index (κ1) is 33.9. The summed E-state index contributed by atoms with van der Waals surface area (Å²) >= 11 is 1.73. The van der Waals surface area contributed by atoms with Gasteiger partial charge in [-0.25, -0.2) is 9.59 Å². The van der Waals surface area contributed by atoms with Gasteiger partial charge >= 0.3 is 11.9 Å². The van der Waals surface area contributed by atoms with Gasteiger partial charge in [0.15, 0.2) is 11.4 Å². The Balaban J connectivity index is 1.92. The number of fused-ring (bicyclic) bond motifs is 3. The Bertz CT molecular complexity index is 1640. The number of benzene rings is 1. The molecule has 6 N–H and O–H groups in total. The number of hydrogen-bond donors (Lipinski definition) is 5. The highest BCUT2D eigenvalue weighted by Gasteiger charge is 2.63. The molecule has 3 aliphatic rings. The van der Waals surface area contributed by atoms with Crippen molar-refractivity contribution in [2.45, 2.75) is 38.3 Å². The number of rotatable bonds is 8. The van der Waals surface area contributed by atoms with Gasteiger partial charge in [-0.15, -0.1) is 0 Å². The topological polar surface area (TPSA) is 214 Å². The van der Waals surface area contributed by atoms with Crippen LogP contribution in [0.4, 0.5) is 0 Å². The monoisotopic (exact) mass is 736 g/mol. The van der Waals surface area contributed by atoms with Crippen LogP contribution in [-0.4, -0.2) is 93.7 Å². The number of likely N-dealkylation sites (N-methyl/N-ethyl adjacent to an activating group) is 1. The minimum atomic E-state index is -2.76. The molecule has 1 amide bonds. The molecule has 0 fully saturated rings. The molecule has 0 spiro atoms. The number of primary amides is 1. The number of aliphatic hydroxyl groups is 3. The van der Waals surface area contributed by atoms with Gasteiger partial charge in [-0.05, 0) is 98.6 Å². The van der Waals surface area contributed by atoms with Crippen LogP contribution in [0.25, 0.3) is 6.08 Å². The lowest BCUT2D eigenvalue weighted by molar-refractivity contribution is -0.148. The van der Waals surface area contributed by atoms with Crippen molar-refractivity contribution in [1.29, 1.82) is 0 Å². The molecule has 1 aromatic carbocycles. The average Bonchev–Trinajstić information content (AvgIpc) is 2.95. The fourth-order valence-corrected chi connectivity index (χ4v) is 6.84. The first-order valence-electron chi connectivity index (χ1n) is 14.0. The molecular formula is C31H33IN2O11. The van der Waals surface area contributed by atoms with Crippen LogP contribution < -0.4 is 5.73 Å². The average molecular weight is 737 g/mol. The predicted molar refractivity (Wildman–Crippen MR) is 167 cm³/mol. The lowest BCUT2D eigenvalue weighted by Crippen LogP contribution is -2.63. The van der Waals surface area contributed by atoms with Gasteiger partial charge in [0, 0.05) is 11.5 Å². The Kier molecular flexibility index (Phi) is 9.61. The number of phenols is 1. The molecule has 240 valence electrons. The maximum atomic E-state index is 14.0. The molecule has 0 heterocycles. The number of carbonyl (C=O) groups is 5. The van der Waals surface area contributed by atoms with Crippen molar-refractivity contribution in [3.63, 3.8) is 0 Å². The summed E-state index contributed by atoms with van der Waals surface area (Å²) in [5.41, 5.74) is 1.75. The zero-order valence-electron chi connectivity index (χ0n) is 24.9. The molecule has 3 aliphatic carbocycles. The Morgan fingerprint density at radius 3 is 2.29 bits per heavy atom. The number of Topliss-reactive ketones (excluding diaryl/α,β-unsaturated/α-hetero) is 2. The van der Waals surface area contributed by atoms with Crippen molar-refractivity contribution in [3.8, 4) is 5.75 Å². The smallest absolute Gasteiger partial charge is 0.344 e. The van der Waals surface area contributed by atoms with Crippen LogP contribution in [0.15, 0.2) is 50.0 Å². The van der Waals surface area contributed by atoms with Gasteiger partial charge in [0.2, 0.25) is 5.78 Å². The van der Waals surface area contributed by atoms with Crippen LogP contribution in [0.1, 0.15) is 41.8 Å². The van der Waals surface area contributed by atoms with E-state index in [0.29, 0.717) is 11.1 Å². The Hall–Kier alpha value is -4.02. The zero-order chi connectivity index (χ0) is 33.5. The van der Waals surface area contributed by atoms with Gasteiger partial charge < -0.3 is 35.6 Å². The number of aliphatic hydroxyl groups excluding tert-OH is 2. The van der Waals surface area contributed by atoms with E-state index in [1.807, 2.05) is 0 Å². The van der Waals surface area contributed by atoms with Crippen LogP contribution in [-0.2, 0) is 35.1 Å². The summed E-state index contributed by atoms with van der Waals surface area (Å²) in [5, 5.41) is 44.9. The lowest BCUT2D eigenvalue weighted by atomic mass is 9.58. The van der Waals surface area contributed by atoms with E-state index >= 15 is 0 Å². The second-order valence-corrected chi connectivity index (χ2v) is 12.2. The number of nitrogens with two attached hydrogens (primary N) is 1. The third-order valence-electron chi connectivity index (χ3n) is 8.22. The van der Waals surface area contributed by atoms with Crippen LogP contribution in [0.5, 0.6) is 5.75 Å². The summed E-state index contributed by atoms with van der Waals surface area (Å²) in [6, 6.07) is 1.55. The van der Waals surface area contributed by atoms with Crippen molar-refractivity contribution < 1.29 is 53.9 Å². The number of phenolic OH excluding ortho intramolecular Hbond substituents is 1. The molecule has 13 nitrogen and oxygen atoms in total. The van der Waals surface area contributed by atoms with E-state index in [4.69, 9.17) is 15.2 Å². The van der Waals surface area contributed by atoms with Crippen LogP contribution in [0.3, 0.4) is 0 Å². The molecule has 0 unspecified atom stereocenters. The molecule has 1 aromatic rings. The van der Waals surface area contributed by atoms with E-state index in [-0.39, 0.29) is 46.3 Å². The maximum absolute atomic E-state index is 14.0. The van der Waals surface area contributed by atoms with E-state index in [9.17, 15) is 44.4 Å². The molecule has 0 aromatic heterocycles. The van der Waals surface area contributed by atoms with E-state index in [2.05, 4.69) is 0 Å². The summed E-state index contributed by atoms with van der Waals surface area (Å²) in [5.74, 6) is -9.05. The second kappa shape index (κ2) is 12.8. The molecule has 0 saturated heterocycles. The van der Waals surface area contributed by atoms with Crippen LogP contribution in [0, 0.1) is 11.8 Å². The van der Waals surface area contributed by atoms with Gasteiger partial charge in [0.05, 0.1) is 34.0 Å². The number of allylic oxidation sites excluding steroid dienone is 1. The summed E-state index contributed by atoms with van der Waals surface area (Å²) in [7, 11) is 3.08. The van der Waals surface area contributed by atoms with Gasteiger partial charge in [-0.2, -0.15) is 0 Å². The molecule has 4 rings (SSSR count). The van der Waals surface area contributed by atoms with Crippen molar-refractivity contribution in [2.24, 2.45) is 17.6 Å². The summed E-state index contributed by atoms with van der Waals surface area (Å²) in [6.07, 6.45) is 2.58. The molecule has 14 heteroatoms. The zero-order valence-corrected chi connectivity index (χ0v) is 27.1. The van der Waals surface area contributed by atoms with Gasteiger partial charge in [-0.3, -0.25) is 19.3 Å². The number of amides is 1. The molecular weight excluding hydrogens is 703 g/mol.